The van der Waals surface area contributed by atoms with Crippen LogP contribution in [0.5, 0.6) is 0 Å². The Balaban J connectivity index is 0.00000180. The van der Waals surface area contributed by atoms with Crippen molar-refractivity contribution in [3.63, 3.8) is 0 Å². The lowest BCUT2D eigenvalue weighted by Crippen LogP contribution is -2.36. The summed E-state index contributed by atoms with van der Waals surface area (Å²) < 4.78 is 0. The van der Waals surface area contributed by atoms with E-state index >= 15 is 0 Å². The van der Waals surface area contributed by atoms with Crippen LogP contribution in [0.25, 0.3) is 0 Å². The standard InChI is InChI=1S/C15H22N2O.ClH/c1-15(2,3)12-6-4-11(5-7-12)14(18)17-13-8-9-16-10-13;/h4-7,13,16H,8-10H2,1-3H3,(H,17,18);1H. The van der Waals surface area contributed by atoms with Gasteiger partial charge in [0.05, 0.1) is 0 Å². The predicted molar refractivity (Wildman–Crippen MR) is 81.1 cm³/mol. The molecule has 1 aromatic carbocycles. The maximum atomic E-state index is 12.0. The van der Waals surface area contributed by atoms with Crippen LogP contribution in [0.1, 0.15) is 43.1 Å². The highest BCUT2D eigenvalue weighted by atomic mass is 35.5. The Kier molecular flexibility index (Phi) is 5.39. The quantitative estimate of drug-likeness (QED) is 0.875. The van der Waals surface area contributed by atoms with Gasteiger partial charge in [-0.05, 0) is 36.1 Å². The second-order valence-corrected chi connectivity index (χ2v) is 5.99. The second kappa shape index (κ2) is 6.40. The summed E-state index contributed by atoms with van der Waals surface area (Å²) in [5.41, 5.74) is 2.13. The summed E-state index contributed by atoms with van der Waals surface area (Å²) in [4.78, 5) is 12.0. The molecule has 1 atom stereocenters. The molecule has 3 nitrogen and oxygen atoms in total. The molecule has 1 unspecified atom stereocenters. The van der Waals surface area contributed by atoms with E-state index in [-0.39, 0.29) is 29.8 Å². The highest BCUT2D eigenvalue weighted by molar-refractivity contribution is 5.94. The van der Waals surface area contributed by atoms with Crippen molar-refractivity contribution in [1.82, 2.24) is 10.6 Å². The maximum absolute atomic E-state index is 12.0. The Labute approximate surface area is 121 Å². The van der Waals surface area contributed by atoms with Crippen molar-refractivity contribution in [3.05, 3.63) is 35.4 Å². The molecular formula is C15H23ClN2O. The summed E-state index contributed by atoms with van der Waals surface area (Å²) in [6.45, 7) is 8.39. The Bertz CT molecular complexity index is 417. The van der Waals surface area contributed by atoms with Crippen LogP contribution in [0, 0.1) is 0 Å². The molecule has 106 valence electrons. The molecular weight excluding hydrogens is 260 g/mol. The lowest BCUT2D eigenvalue weighted by atomic mass is 9.86. The fourth-order valence-electron chi connectivity index (χ4n) is 2.17. The number of carbonyl (C=O) groups is 1. The Morgan fingerprint density at radius 2 is 1.89 bits per heavy atom. The van der Waals surface area contributed by atoms with E-state index in [4.69, 9.17) is 0 Å². The number of nitrogens with one attached hydrogen (secondary N) is 2. The molecule has 1 saturated heterocycles. The largest absolute Gasteiger partial charge is 0.348 e. The van der Waals surface area contributed by atoms with Crippen molar-refractivity contribution in [2.24, 2.45) is 0 Å². The van der Waals surface area contributed by atoms with Crippen molar-refractivity contribution in [2.75, 3.05) is 13.1 Å². The molecule has 0 aliphatic carbocycles. The molecule has 1 aliphatic rings. The highest BCUT2D eigenvalue weighted by Crippen LogP contribution is 2.22. The van der Waals surface area contributed by atoms with Gasteiger partial charge in [-0.2, -0.15) is 0 Å². The van der Waals surface area contributed by atoms with Gasteiger partial charge in [0.15, 0.2) is 0 Å². The molecule has 0 saturated carbocycles. The molecule has 4 heteroatoms. The minimum absolute atomic E-state index is 0. The SMILES string of the molecule is CC(C)(C)c1ccc(C(=O)NC2CCNC2)cc1.Cl. The highest BCUT2D eigenvalue weighted by Gasteiger charge is 2.18. The van der Waals surface area contributed by atoms with Crippen LogP contribution in [0.2, 0.25) is 0 Å². The van der Waals surface area contributed by atoms with E-state index in [1.165, 1.54) is 5.56 Å². The van der Waals surface area contributed by atoms with E-state index < -0.39 is 0 Å². The van der Waals surface area contributed by atoms with Gasteiger partial charge in [-0.3, -0.25) is 4.79 Å². The van der Waals surface area contributed by atoms with Crippen molar-refractivity contribution in [3.8, 4) is 0 Å². The van der Waals surface area contributed by atoms with E-state index in [2.05, 4.69) is 31.4 Å². The first-order valence-corrected chi connectivity index (χ1v) is 6.59. The van der Waals surface area contributed by atoms with E-state index in [1.807, 2.05) is 24.3 Å². The molecule has 0 spiro atoms. The Morgan fingerprint density at radius 1 is 1.26 bits per heavy atom. The zero-order valence-electron chi connectivity index (χ0n) is 11.8. The van der Waals surface area contributed by atoms with E-state index in [0.29, 0.717) is 0 Å². The number of hydrogen-bond donors (Lipinski definition) is 2. The molecule has 19 heavy (non-hydrogen) atoms. The van der Waals surface area contributed by atoms with Gasteiger partial charge in [0.25, 0.3) is 5.91 Å². The average molecular weight is 283 g/mol. The minimum atomic E-state index is 0. The predicted octanol–water partition coefficient (Wildman–Crippen LogP) is 2.50. The van der Waals surface area contributed by atoms with Gasteiger partial charge in [-0.15, -0.1) is 12.4 Å². The summed E-state index contributed by atoms with van der Waals surface area (Å²) in [7, 11) is 0. The van der Waals surface area contributed by atoms with Crippen LogP contribution in [0.4, 0.5) is 0 Å². The fraction of sp³-hybridized carbons (Fsp3) is 0.533. The molecule has 2 rings (SSSR count). The van der Waals surface area contributed by atoms with Crippen molar-refractivity contribution >= 4 is 18.3 Å². The van der Waals surface area contributed by atoms with Crippen LogP contribution in [0.3, 0.4) is 0 Å². The van der Waals surface area contributed by atoms with Crippen molar-refractivity contribution in [1.29, 1.82) is 0 Å². The second-order valence-electron chi connectivity index (χ2n) is 5.99. The molecule has 1 aliphatic heterocycles. The maximum Gasteiger partial charge on any atom is 0.251 e. The number of carbonyl (C=O) groups excluding carboxylic acids is 1. The third-order valence-corrected chi connectivity index (χ3v) is 3.41. The van der Waals surface area contributed by atoms with E-state index in [1.54, 1.807) is 0 Å². The Morgan fingerprint density at radius 3 is 2.37 bits per heavy atom. The third kappa shape index (κ3) is 4.22. The van der Waals surface area contributed by atoms with Crippen LogP contribution in [-0.4, -0.2) is 25.0 Å². The lowest BCUT2D eigenvalue weighted by Gasteiger charge is -2.19. The lowest BCUT2D eigenvalue weighted by molar-refractivity contribution is 0.0940. The monoisotopic (exact) mass is 282 g/mol. The van der Waals surface area contributed by atoms with Gasteiger partial charge in [0.2, 0.25) is 0 Å². The summed E-state index contributed by atoms with van der Waals surface area (Å²) >= 11 is 0. The molecule has 2 N–H and O–H groups in total. The summed E-state index contributed by atoms with van der Waals surface area (Å²) in [6.07, 6.45) is 1.02. The van der Waals surface area contributed by atoms with Gasteiger partial charge in [0.1, 0.15) is 0 Å². The van der Waals surface area contributed by atoms with Crippen LogP contribution >= 0.6 is 12.4 Å². The fourth-order valence-corrected chi connectivity index (χ4v) is 2.17. The molecule has 0 bridgehead atoms. The smallest absolute Gasteiger partial charge is 0.251 e. The molecule has 1 amide bonds. The first-order chi connectivity index (χ1) is 8.47. The number of benzene rings is 1. The number of halogens is 1. The van der Waals surface area contributed by atoms with Crippen LogP contribution < -0.4 is 10.6 Å². The topological polar surface area (TPSA) is 41.1 Å². The van der Waals surface area contributed by atoms with Gasteiger partial charge in [0, 0.05) is 18.2 Å². The Hall–Kier alpha value is -1.06. The molecule has 1 aromatic rings. The molecule has 0 radical (unpaired) electrons. The third-order valence-electron chi connectivity index (χ3n) is 3.41. The van der Waals surface area contributed by atoms with Crippen molar-refractivity contribution < 1.29 is 4.79 Å². The first kappa shape index (κ1) is 16.0. The van der Waals surface area contributed by atoms with E-state index in [9.17, 15) is 4.79 Å². The summed E-state index contributed by atoms with van der Waals surface area (Å²) in [6, 6.07) is 8.19. The van der Waals surface area contributed by atoms with Gasteiger partial charge >= 0.3 is 0 Å². The minimum Gasteiger partial charge on any atom is -0.348 e. The number of amides is 1. The zero-order valence-corrected chi connectivity index (χ0v) is 12.6. The number of hydrogen-bond acceptors (Lipinski definition) is 2. The molecule has 1 heterocycles. The van der Waals surface area contributed by atoms with Crippen LogP contribution in [0.15, 0.2) is 24.3 Å². The van der Waals surface area contributed by atoms with Gasteiger partial charge < -0.3 is 10.6 Å². The van der Waals surface area contributed by atoms with Gasteiger partial charge in [-0.25, -0.2) is 0 Å². The molecule has 1 fully saturated rings. The van der Waals surface area contributed by atoms with E-state index in [0.717, 1.165) is 25.1 Å². The molecule has 0 aromatic heterocycles. The number of rotatable bonds is 2. The average Bonchev–Trinajstić information content (AvgIpc) is 2.81. The summed E-state index contributed by atoms with van der Waals surface area (Å²) in [5, 5.41) is 6.30. The normalized spacial score (nSPS) is 18.8. The van der Waals surface area contributed by atoms with Crippen LogP contribution in [-0.2, 0) is 5.41 Å². The summed E-state index contributed by atoms with van der Waals surface area (Å²) in [5.74, 6) is 0.0316. The van der Waals surface area contributed by atoms with Crippen molar-refractivity contribution in [2.45, 2.75) is 38.6 Å². The zero-order chi connectivity index (χ0) is 13.2. The van der Waals surface area contributed by atoms with Gasteiger partial charge in [-0.1, -0.05) is 32.9 Å². The first-order valence-electron chi connectivity index (χ1n) is 6.59.